The van der Waals surface area contributed by atoms with Gasteiger partial charge in [-0.25, -0.2) is 4.39 Å². The molecule has 0 spiro atoms. The van der Waals surface area contributed by atoms with Gasteiger partial charge in [-0.3, -0.25) is 14.3 Å². The molecule has 3 rings (SSSR count). The molecule has 2 amide bonds. The number of carbonyl (C=O) groups is 2. The number of aryl methyl sites for hydroxylation is 1. The summed E-state index contributed by atoms with van der Waals surface area (Å²) >= 11 is 0. The third-order valence-electron chi connectivity index (χ3n) is 4.60. The normalized spacial score (nSPS) is 20.1. The summed E-state index contributed by atoms with van der Waals surface area (Å²) in [5, 5.41) is 6.94. The van der Waals surface area contributed by atoms with Gasteiger partial charge in [0.2, 0.25) is 11.8 Å². The lowest BCUT2D eigenvalue weighted by molar-refractivity contribution is -0.124. The Kier molecular flexibility index (Phi) is 4.83. The summed E-state index contributed by atoms with van der Waals surface area (Å²) in [4.78, 5) is 23.9. The molecule has 132 valence electrons. The van der Waals surface area contributed by atoms with Crippen LogP contribution < -0.4 is 11.1 Å². The van der Waals surface area contributed by atoms with Crippen molar-refractivity contribution in [2.24, 2.45) is 24.6 Å². The van der Waals surface area contributed by atoms with E-state index in [0.29, 0.717) is 6.42 Å². The summed E-state index contributed by atoms with van der Waals surface area (Å²) in [6, 6.07) is 5.92. The van der Waals surface area contributed by atoms with E-state index in [1.807, 2.05) is 13.2 Å². The number of halogens is 1. The minimum atomic E-state index is -0.523. The van der Waals surface area contributed by atoms with Crippen molar-refractivity contribution in [2.45, 2.75) is 18.8 Å². The van der Waals surface area contributed by atoms with E-state index in [9.17, 15) is 14.0 Å². The summed E-state index contributed by atoms with van der Waals surface area (Å²) < 4.78 is 14.7. The van der Waals surface area contributed by atoms with Crippen molar-refractivity contribution in [1.29, 1.82) is 0 Å². The molecular formula is C18H21FN4O2. The fourth-order valence-electron chi connectivity index (χ4n) is 3.02. The van der Waals surface area contributed by atoms with Crippen molar-refractivity contribution in [1.82, 2.24) is 15.1 Å². The fraction of sp³-hybridized carbons (Fsp3) is 0.389. The van der Waals surface area contributed by atoms with Gasteiger partial charge in [0.05, 0.1) is 12.1 Å². The largest absolute Gasteiger partial charge is 0.369 e. The molecule has 6 nitrogen and oxygen atoms in total. The maximum absolute atomic E-state index is 13.0. The summed E-state index contributed by atoms with van der Waals surface area (Å²) in [6.07, 6.45) is 4.85. The number of aromatic nitrogens is 2. The lowest BCUT2D eigenvalue weighted by atomic mass is 9.98. The molecule has 0 radical (unpaired) electrons. The van der Waals surface area contributed by atoms with Gasteiger partial charge in [-0.1, -0.05) is 12.1 Å². The highest BCUT2D eigenvalue weighted by atomic mass is 19.1. The zero-order chi connectivity index (χ0) is 18.0. The Morgan fingerprint density at radius 1 is 1.40 bits per heavy atom. The van der Waals surface area contributed by atoms with E-state index in [2.05, 4.69) is 10.4 Å². The van der Waals surface area contributed by atoms with Gasteiger partial charge in [0, 0.05) is 25.7 Å². The third kappa shape index (κ3) is 4.23. The smallest absolute Gasteiger partial charge is 0.223 e. The Morgan fingerprint density at radius 2 is 2.12 bits per heavy atom. The molecule has 2 aromatic rings. The van der Waals surface area contributed by atoms with Crippen molar-refractivity contribution in [3.05, 3.63) is 53.6 Å². The minimum absolute atomic E-state index is 0.0702. The van der Waals surface area contributed by atoms with Crippen molar-refractivity contribution < 1.29 is 14.0 Å². The van der Waals surface area contributed by atoms with Gasteiger partial charge in [0.25, 0.3) is 0 Å². The predicted molar refractivity (Wildman–Crippen MR) is 89.9 cm³/mol. The van der Waals surface area contributed by atoms with Crippen LogP contribution in [0.25, 0.3) is 0 Å². The Hall–Kier alpha value is -2.70. The van der Waals surface area contributed by atoms with Crippen LogP contribution in [0.15, 0.2) is 36.7 Å². The zero-order valence-electron chi connectivity index (χ0n) is 14.0. The molecule has 1 saturated carbocycles. The van der Waals surface area contributed by atoms with E-state index in [4.69, 9.17) is 5.73 Å². The van der Waals surface area contributed by atoms with Gasteiger partial charge in [-0.05, 0) is 42.0 Å². The predicted octanol–water partition coefficient (Wildman–Crippen LogP) is 1.12. The van der Waals surface area contributed by atoms with Crippen LogP contribution in [0.1, 0.15) is 23.5 Å². The second-order valence-corrected chi connectivity index (χ2v) is 6.57. The van der Waals surface area contributed by atoms with E-state index in [0.717, 1.165) is 17.5 Å². The number of nitrogens with two attached hydrogens (primary N) is 1. The molecule has 0 bridgehead atoms. The Labute approximate surface area is 145 Å². The molecular weight excluding hydrogens is 323 g/mol. The van der Waals surface area contributed by atoms with Crippen molar-refractivity contribution in [3.8, 4) is 0 Å². The van der Waals surface area contributed by atoms with E-state index in [1.54, 1.807) is 23.0 Å². The van der Waals surface area contributed by atoms with Crippen molar-refractivity contribution in [2.75, 3.05) is 6.54 Å². The quantitative estimate of drug-likeness (QED) is 0.789. The van der Waals surface area contributed by atoms with Crippen LogP contribution in [0.5, 0.6) is 0 Å². The standard InChI is InChI=1S/C18H21FN4O2/c1-23-10-13(9-22-23)15-7-16(15)18(25)21-8-12(17(20)24)6-11-2-4-14(19)5-3-11/h2-5,9-10,12,15-16H,6-8H2,1H3,(H2,20,24)(H,21,25)/t12-,15-,16+/m0/s1. The van der Waals surface area contributed by atoms with Gasteiger partial charge < -0.3 is 11.1 Å². The van der Waals surface area contributed by atoms with E-state index >= 15 is 0 Å². The van der Waals surface area contributed by atoms with E-state index < -0.39 is 11.8 Å². The van der Waals surface area contributed by atoms with Gasteiger partial charge in [-0.15, -0.1) is 0 Å². The first-order valence-electron chi connectivity index (χ1n) is 8.24. The van der Waals surface area contributed by atoms with Crippen molar-refractivity contribution >= 4 is 11.8 Å². The second-order valence-electron chi connectivity index (χ2n) is 6.57. The highest BCUT2D eigenvalue weighted by molar-refractivity contribution is 5.84. The lowest BCUT2D eigenvalue weighted by Crippen LogP contribution is -2.38. The summed E-state index contributed by atoms with van der Waals surface area (Å²) in [6.45, 7) is 0.182. The Balaban J connectivity index is 1.52. The Bertz CT molecular complexity index is 772. The van der Waals surface area contributed by atoms with Crippen LogP contribution in [0.2, 0.25) is 0 Å². The molecule has 1 heterocycles. The zero-order valence-corrected chi connectivity index (χ0v) is 14.0. The van der Waals surface area contributed by atoms with E-state index in [-0.39, 0.29) is 30.1 Å². The highest BCUT2D eigenvalue weighted by Gasteiger charge is 2.44. The third-order valence-corrected chi connectivity index (χ3v) is 4.60. The molecule has 7 heteroatoms. The molecule has 25 heavy (non-hydrogen) atoms. The number of carbonyl (C=O) groups excluding carboxylic acids is 2. The average molecular weight is 344 g/mol. The van der Waals surface area contributed by atoms with Gasteiger partial charge in [0.15, 0.2) is 0 Å². The maximum Gasteiger partial charge on any atom is 0.223 e. The Morgan fingerprint density at radius 3 is 2.72 bits per heavy atom. The number of amides is 2. The molecule has 1 aliphatic rings. The highest BCUT2D eigenvalue weighted by Crippen LogP contribution is 2.47. The second kappa shape index (κ2) is 7.04. The number of nitrogens with one attached hydrogen (secondary N) is 1. The molecule has 3 atom stereocenters. The van der Waals surface area contributed by atoms with Crippen molar-refractivity contribution in [3.63, 3.8) is 0 Å². The maximum atomic E-state index is 13.0. The molecule has 0 unspecified atom stereocenters. The topological polar surface area (TPSA) is 90.0 Å². The summed E-state index contributed by atoms with van der Waals surface area (Å²) in [5.41, 5.74) is 7.30. The van der Waals surface area contributed by atoms with Crippen LogP contribution in [0.3, 0.4) is 0 Å². The number of rotatable bonds is 7. The van der Waals surface area contributed by atoms with Crippen LogP contribution in [0.4, 0.5) is 4.39 Å². The molecule has 1 fully saturated rings. The number of hydrogen-bond donors (Lipinski definition) is 2. The SMILES string of the molecule is Cn1cc([C@@H]2C[C@H]2C(=O)NC[C@H](Cc2ccc(F)cc2)C(N)=O)cn1. The molecule has 0 aliphatic heterocycles. The number of nitrogens with zero attached hydrogens (tertiary/aromatic N) is 2. The molecule has 0 saturated heterocycles. The lowest BCUT2D eigenvalue weighted by Gasteiger charge is -2.14. The first-order valence-corrected chi connectivity index (χ1v) is 8.24. The number of hydrogen-bond acceptors (Lipinski definition) is 3. The summed E-state index contributed by atoms with van der Waals surface area (Å²) in [5.74, 6) is -1.29. The molecule has 1 aliphatic carbocycles. The molecule has 3 N–H and O–H groups in total. The van der Waals surface area contributed by atoms with Gasteiger partial charge >= 0.3 is 0 Å². The first kappa shape index (κ1) is 17.1. The fourth-order valence-corrected chi connectivity index (χ4v) is 3.02. The molecule has 1 aromatic heterocycles. The molecule has 1 aromatic carbocycles. The average Bonchev–Trinajstić information content (AvgIpc) is 3.27. The van der Waals surface area contributed by atoms with Gasteiger partial charge in [0.1, 0.15) is 5.82 Å². The first-order chi connectivity index (χ1) is 11.9. The van der Waals surface area contributed by atoms with E-state index in [1.165, 1.54) is 12.1 Å². The van der Waals surface area contributed by atoms with Crippen LogP contribution in [-0.2, 0) is 23.1 Å². The van der Waals surface area contributed by atoms with Crippen LogP contribution >= 0.6 is 0 Å². The van der Waals surface area contributed by atoms with Crippen LogP contribution in [0, 0.1) is 17.7 Å². The number of benzene rings is 1. The monoisotopic (exact) mass is 344 g/mol. The minimum Gasteiger partial charge on any atom is -0.369 e. The van der Waals surface area contributed by atoms with Crippen LogP contribution in [-0.4, -0.2) is 28.1 Å². The van der Waals surface area contributed by atoms with Gasteiger partial charge in [-0.2, -0.15) is 5.10 Å². The summed E-state index contributed by atoms with van der Waals surface area (Å²) in [7, 11) is 1.84. The number of primary amides is 1.